The van der Waals surface area contributed by atoms with Crippen LogP contribution in [0.1, 0.15) is 23.2 Å². The Labute approximate surface area is 117 Å². The van der Waals surface area contributed by atoms with Crippen LogP contribution in [0.3, 0.4) is 0 Å². The van der Waals surface area contributed by atoms with Crippen LogP contribution in [0.15, 0.2) is 18.5 Å². The van der Waals surface area contributed by atoms with Gasteiger partial charge in [-0.15, -0.1) is 0 Å². The molecule has 2 amide bonds. The first-order chi connectivity index (χ1) is 9.09. The van der Waals surface area contributed by atoms with Crippen LogP contribution in [-0.4, -0.2) is 53.3 Å². The van der Waals surface area contributed by atoms with Gasteiger partial charge in [0.1, 0.15) is 0 Å². The number of rotatable bonds is 3. The van der Waals surface area contributed by atoms with Gasteiger partial charge in [-0.1, -0.05) is 11.6 Å². The van der Waals surface area contributed by atoms with Gasteiger partial charge in [0.2, 0.25) is 5.91 Å². The average Bonchev–Trinajstić information content (AvgIpc) is 2.92. The topological polar surface area (TPSA) is 53.5 Å². The summed E-state index contributed by atoms with van der Waals surface area (Å²) in [5, 5.41) is 0.299. The van der Waals surface area contributed by atoms with Gasteiger partial charge in [0.15, 0.2) is 0 Å². The van der Waals surface area contributed by atoms with Crippen LogP contribution in [0.2, 0.25) is 5.02 Å². The van der Waals surface area contributed by atoms with E-state index in [1.807, 2.05) is 0 Å². The van der Waals surface area contributed by atoms with Gasteiger partial charge in [-0.3, -0.25) is 14.6 Å². The Morgan fingerprint density at radius 1 is 1.42 bits per heavy atom. The molecule has 1 aromatic heterocycles. The molecule has 0 aliphatic carbocycles. The van der Waals surface area contributed by atoms with E-state index in [0.29, 0.717) is 10.6 Å². The monoisotopic (exact) mass is 281 g/mol. The molecule has 6 heteroatoms. The van der Waals surface area contributed by atoms with Gasteiger partial charge in [0.25, 0.3) is 5.91 Å². The molecule has 2 heterocycles. The summed E-state index contributed by atoms with van der Waals surface area (Å²) in [6.07, 6.45) is 5.01. The summed E-state index contributed by atoms with van der Waals surface area (Å²) in [4.78, 5) is 31.1. The van der Waals surface area contributed by atoms with Crippen LogP contribution >= 0.6 is 11.6 Å². The number of hydrogen-bond donors (Lipinski definition) is 0. The number of nitrogens with zero attached hydrogens (tertiary/aromatic N) is 3. The van der Waals surface area contributed by atoms with Crippen LogP contribution < -0.4 is 0 Å². The van der Waals surface area contributed by atoms with E-state index in [1.165, 1.54) is 17.3 Å². The SMILES string of the molecule is CN(CC(=O)N1CCCC1)C(=O)c1ccncc1Cl. The van der Waals surface area contributed by atoms with Gasteiger partial charge >= 0.3 is 0 Å². The Hall–Kier alpha value is -1.62. The highest BCUT2D eigenvalue weighted by Gasteiger charge is 2.22. The highest BCUT2D eigenvalue weighted by atomic mass is 35.5. The molecule has 1 saturated heterocycles. The number of pyridine rings is 1. The van der Waals surface area contributed by atoms with Crippen molar-refractivity contribution in [3.63, 3.8) is 0 Å². The Balaban J connectivity index is 1.99. The Kier molecular flexibility index (Phi) is 4.37. The first-order valence-corrected chi connectivity index (χ1v) is 6.60. The fourth-order valence-electron chi connectivity index (χ4n) is 2.10. The van der Waals surface area contributed by atoms with Crippen molar-refractivity contribution in [3.05, 3.63) is 29.0 Å². The molecule has 2 rings (SSSR count). The molecule has 5 nitrogen and oxygen atoms in total. The van der Waals surface area contributed by atoms with Crippen LogP contribution in [-0.2, 0) is 4.79 Å². The van der Waals surface area contributed by atoms with Crippen molar-refractivity contribution >= 4 is 23.4 Å². The van der Waals surface area contributed by atoms with E-state index in [-0.39, 0.29) is 18.4 Å². The highest BCUT2D eigenvalue weighted by molar-refractivity contribution is 6.33. The first kappa shape index (κ1) is 13.8. The van der Waals surface area contributed by atoms with Crippen LogP contribution in [0.5, 0.6) is 0 Å². The molecule has 1 aromatic rings. The zero-order valence-corrected chi connectivity index (χ0v) is 11.6. The molecule has 0 atom stereocenters. The third kappa shape index (κ3) is 3.23. The minimum Gasteiger partial charge on any atom is -0.341 e. The van der Waals surface area contributed by atoms with Gasteiger partial charge < -0.3 is 9.80 Å². The average molecular weight is 282 g/mol. The van der Waals surface area contributed by atoms with Crippen molar-refractivity contribution in [3.8, 4) is 0 Å². The number of likely N-dealkylation sites (tertiary alicyclic amines) is 1. The summed E-state index contributed by atoms with van der Waals surface area (Å²) in [5.74, 6) is -0.279. The Morgan fingerprint density at radius 2 is 2.11 bits per heavy atom. The van der Waals surface area contributed by atoms with Crippen LogP contribution in [0.4, 0.5) is 0 Å². The summed E-state index contributed by atoms with van der Waals surface area (Å²) < 4.78 is 0. The molecule has 102 valence electrons. The molecule has 1 aliphatic heterocycles. The number of carbonyl (C=O) groups excluding carboxylic acids is 2. The lowest BCUT2D eigenvalue weighted by Crippen LogP contribution is -2.39. The van der Waals surface area contributed by atoms with Gasteiger partial charge in [0.05, 0.1) is 17.1 Å². The van der Waals surface area contributed by atoms with Gasteiger partial charge in [-0.05, 0) is 18.9 Å². The third-order valence-electron chi connectivity index (χ3n) is 3.18. The Morgan fingerprint density at radius 3 is 2.74 bits per heavy atom. The molecular weight excluding hydrogens is 266 g/mol. The fourth-order valence-corrected chi connectivity index (χ4v) is 2.30. The third-order valence-corrected chi connectivity index (χ3v) is 3.48. The maximum Gasteiger partial charge on any atom is 0.255 e. The van der Waals surface area contributed by atoms with Crippen molar-refractivity contribution in [2.45, 2.75) is 12.8 Å². The van der Waals surface area contributed by atoms with Crippen molar-refractivity contribution < 1.29 is 9.59 Å². The molecule has 0 spiro atoms. The number of likely N-dealkylation sites (N-methyl/N-ethyl adjacent to an activating group) is 1. The lowest BCUT2D eigenvalue weighted by Gasteiger charge is -2.21. The normalized spacial score (nSPS) is 14.5. The van der Waals surface area contributed by atoms with E-state index >= 15 is 0 Å². The zero-order valence-electron chi connectivity index (χ0n) is 10.8. The van der Waals surface area contributed by atoms with Crippen molar-refractivity contribution in [2.75, 3.05) is 26.7 Å². The molecule has 1 fully saturated rings. The van der Waals surface area contributed by atoms with Gasteiger partial charge in [-0.25, -0.2) is 0 Å². The number of hydrogen-bond acceptors (Lipinski definition) is 3. The maximum atomic E-state index is 12.2. The quantitative estimate of drug-likeness (QED) is 0.842. The second kappa shape index (κ2) is 6.02. The molecule has 0 saturated carbocycles. The van der Waals surface area contributed by atoms with E-state index < -0.39 is 0 Å². The predicted molar refractivity (Wildman–Crippen MR) is 72.0 cm³/mol. The highest BCUT2D eigenvalue weighted by Crippen LogP contribution is 2.15. The molecule has 19 heavy (non-hydrogen) atoms. The molecule has 1 aliphatic rings. The molecule has 0 aromatic carbocycles. The van der Waals surface area contributed by atoms with E-state index in [0.717, 1.165) is 25.9 Å². The largest absolute Gasteiger partial charge is 0.341 e. The van der Waals surface area contributed by atoms with Crippen molar-refractivity contribution in [1.82, 2.24) is 14.8 Å². The van der Waals surface area contributed by atoms with E-state index in [9.17, 15) is 9.59 Å². The minimum atomic E-state index is -0.264. The van der Waals surface area contributed by atoms with Crippen molar-refractivity contribution in [1.29, 1.82) is 0 Å². The number of amides is 2. The summed E-state index contributed by atoms with van der Waals surface area (Å²) in [6.45, 7) is 1.66. The van der Waals surface area contributed by atoms with Crippen molar-refractivity contribution in [2.24, 2.45) is 0 Å². The molecule has 0 unspecified atom stereocenters. The zero-order chi connectivity index (χ0) is 13.8. The number of aromatic nitrogens is 1. The lowest BCUT2D eigenvalue weighted by molar-refractivity contribution is -0.130. The molecule has 0 N–H and O–H groups in total. The van der Waals surface area contributed by atoms with Gasteiger partial charge in [0, 0.05) is 32.5 Å². The minimum absolute atomic E-state index is 0.0153. The molecule has 0 bridgehead atoms. The standard InChI is InChI=1S/C13H16ClN3O2/c1-16(9-12(18)17-6-2-3-7-17)13(19)10-4-5-15-8-11(10)14/h4-5,8H,2-3,6-7,9H2,1H3. The summed E-state index contributed by atoms with van der Waals surface area (Å²) in [5.41, 5.74) is 0.369. The van der Waals surface area contributed by atoms with E-state index in [2.05, 4.69) is 4.98 Å². The smallest absolute Gasteiger partial charge is 0.255 e. The lowest BCUT2D eigenvalue weighted by atomic mass is 10.2. The number of halogens is 1. The van der Waals surface area contributed by atoms with Crippen LogP contribution in [0, 0.1) is 0 Å². The maximum absolute atomic E-state index is 12.2. The first-order valence-electron chi connectivity index (χ1n) is 6.22. The van der Waals surface area contributed by atoms with E-state index in [4.69, 9.17) is 11.6 Å². The summed E-state index contributed by atoms with van der Waals surface area (Å²) >= 11 is 5.92. The number of carbonyl (C=O) groups is 2. The predicted octanol–water partition coefficient (Wildman–Crippen LogP) is 1.43. The van der Waals surface area contributed by atoms with Crippen LogP contribution in [0.25, 0.3) is 0 Å². The molecular formula is C13H16ClN3O2. The Bertz CT molecular complexity index is 487. The van der Waals surface area contributed by atoms with Gasteiger partial charge in [-0.2, -0.15) is 0 Å². The van der Waals surface area contributed by atoms with E-state index in [1.54, 1.807) is 18.0 Å². The second-order valence-corrected chi connectivity index (χ2v) is 5.01. The summed E-state index contributed by atoms with van der Waals surface area (Å²) in [6, 6.07) is 1.56. The fraction of sp³-hybridized carbons (Fsp3) is 0.462. The summed E-state index contributed by atoms with van der Waals surface area (Å²) in [7, 11) is 1.60. The second-order valence-electron chi connectivity index (χ2n) is 4.60. The molecule has 0 radical (unpaired) electrons.